The molecule has 1 rings (SSSR count). The van der Waals surface area contributed by atoms with Crippen LogP contribution in [0.4, 0.5) is 0 Å². The van der Waals surface area contributed by atoms with Gasteiger partial charge in [0.2, 0.25) is 0 Å². The number of carbonyl (C=O) groups excluding carboxylic acids is 3. The fraction of sp³-hybridized carbons (Fsp3) is 0.786. The first-order valence-corrected chi connectivity index (χ1v) is 7.34. The summed E-state index contributed by atoms with van der Waals surface area (Å²) in [5, 5.41) is 0. The zero-order valence-electron chi connectivity index (χ0n) is 12.4. The van der Waals surface area contributed by atoms with Gasteiger partial charge in [-0.1, -0.05) is 6.42 Å². The molecule has 0 aromatic heterocycles. The van der Waals surface area contributed by atoms with Crippen LogP contribution in [0.3, 0.4) is 0 Å². The Bertz CT molecular complexity index is 357. The number of unbranched alkanes of at least 4 members (excludes halogenated alkanes) is 2. The van der Waals surface area contributed by atoms with Crippen molar-refractivity contribution in [2.24, 2.45) is 0 Å². The van der Waals surface area contributed by atoms with Crippen LogP contribution in [0.5, 0.6) is 0 Å². The molecular formula is C14H24N2O4. The maximum atomic E-state index is 11.8. The quantitative estimate of drug-likeness (QED) is 0.376. The largest absolute Gasteiger partial charge is 0.466 e. The average Bonchev–Trinajstić information content (AvgIpc) is 2.43. The highest BCUT2D eigenvalue weighted by molar-refractivity contribution is 6.35. The van der Waals surface area contributed by atoms with Gasteiger partial charge in [0.25, 0.3) is 0 Å². The summed E-state index contributed by atoms with van der Waals surface area (Å²) in [6, 6.07) is 0. The Morgan fingerprint density at radius 1 is 1.05 bits per heavy atom. The summed E-state index contributed by atoms with van der Waals surface area (Å²) in [6.07, 6.45) is 2.85. The molecule has 0 aromatic carbocycles. The monoisotopic (exact) mass is 284 g/mol. The maximum Gasteiger partial charge on any atom is 0.312 e. The van der Waals surface area contributed by atoms with E-state index in [0.717, 1.165) is 19.3 Å². The Balaban J connectivity index is 2.18. The van der Waals surface area contributed by atoms with Gasteiger partial charge in [-0.2, -0.15) is 0 Å². The lowest BCUT2D eigenvalue weighted by atomic mass is 10.1. The van der Waals surface area contributed by atoms with Crippen molar-refractivity contribution in [3.05, 3.63) is 0 Å². The Morgan fingerprint density at radius 3 is 2.35 bits per heavy atom. The molecule has 1 aliphatic rings. The van der Waals surface area contributed by atoms with Crippen molar-refractivity contribution < 1.29 is 19.1 Å². The van der Waals surface area contributed by atoms with Crippen molar-refractivity contribution in [3.63, 3.8) is 0 Å². The number of likely N-dealkylation sites (N-methyl/N-ethyl adjacent to an activating group) is 1. The second kappa shape index (κ2) is 8.55. The van der Waals surface area contributed by atoms with Crippen molar-refractivity contribution in [1.82, 2.24) is 9.80 Å². The molecule has 0 spiro atoms. The van der Waals surface area contributed by atoms with Crippen LogP contribution in [0.2, 0.25) is 0 Å². The fourth-order valence-electron chi connectivity index (χ4n) is 2.21. The predicted octanol–water partition coefficient (Wildman–Crippen LogP) is 0.801. The lowest BCUT2D eigenvalue weighted by Crippen LogP contribution is -2.54. The van der Waals surface area contributed by atoms with E-state index in [0.29, 0.717) is 39.2 Å². The van der Waals surface area contributed by atoms with Crippen molar-refractivity contribution in [1.29, 1.82) is 0 Å². The molecule has 6 nitrogen and oxygen atoms in total. The Labute approximate surface area is 120 Å². The number of hydrogen-bond acceptors (Lipinski definition) is 4. The molecule has 0 unspecified atom stereocenters. The zero-order chi connectivity index (χ0) is 15.0. The molecule has 1 fully saturated rings. The fourth-order valence-corrected chi connectivity index (χ4v) is 2.21. The van der Waals surface area contributed by atoms with Gasteiger partial charge in [0.15, 0.2) is 0 Å². The molecule has 6 heteroatoms. The molecule has 0 aromatic rings. The minimum absolute atomic E-state index is 0.171. The number of carbonyl (C=O) groups is 3. The summed E-state index contributed by atoms with van der Waals surface area (Å²) in [4.78, 5) is 37.8. The predicted molar refractivity (Wildman–Crippen MR) is 73.9 cm³/mol. The van der Waals surface area contributed by atoms with E-state index in [9.17, 15) is 14.4 Å². The second-order valence-electron chi connectivity index (χ2n) is 4.79. The smallest absolute Gasteiger partial charge is 0.312 e. The third kappa shape index (κ3) is 4.83. The number of amides is 2. The minimum Gasteiger partial charge on any atom is -0.466 e. The molecule has 0 bridgehead atoms. The standard InChI is InChI=1S/C14H24N2O4/c1-3-15-10-11-16(14(19)13(15)18)9-7-5-6-8-12(17)20-4-2/h3-11H2,1-2H3. The summed E-state index contributed by atoms with van der Waals surface area (Å²) in [7, 11) is 0. The Kier molecular flexibility index (Phi) is 7.04. The molecule has 114 valence electrons. The highest BCUT2D eigenvalue weighted by Crippen LogP contribution is 2.08. The summed E-state index contributed by atoms with van der Waals surface area (Å²) in [6.45, 7) is 6.47. The van der Waals surface area contributed by atoms with Gasteiger partial charge < -0.3 is 14.5 Å². The van der Waals surface area contributed by atoms with Crippen LogP contribution < -0.4 is 0 Å². The third-order valence-electron chi connectivity index (χ3n) is 3.39. The SMILES string of the molecule is CCOC(=O)CCCCCN1CCN(CC)C(=O)C1=O. The molecular weight excluding hydrogens is 260 g/mol. The van der Waals surface area contributed by atoms with Gasteiger partial charge in [-0.25, -0.2) is 0 Å². The first-order chi connectivity index (χ1) is 9.60. The molecule has 0 saturated carbocycles. The number of rotatable bonds is 8. The normalized spacial score (nSPS) is 15.7. The van der Waals surface area contributed by atoms with E-state index in [4.69, 9.17) is 4.74 Å². The van der Waals surface area contributed by atoms with Crippen LogP contribution in [0.1, 0.15) is 39.5 Å². The summed E-state index contributed by atoms with van der Waals surface area (Å²) in [5.74, 6) is -0.968. The van der Waals surface area contributed by atoms with Gasteiger partial charge >= 0.3 is 17.8 Å². The second-order valence-corrected chi connectivity index (χ2v) is 4.79. The van der Waals surface area contributed by atoms with E-state index in [1.165, 1.54) is 0 Å². The van der Waals surface area contributed by atoms with Crippen LogP contribution in [0.25, 0.3) is 0 Å². The van der Waals surface area contributed by atoms with Crippen LogP contribution in [0, 0.1) is 0 Å². The first kappa shape index (κ1) is 16.5. The van der Waals surface area contributed by atoms with Gasteiger partial charge in [0, 0.05) is 32.6 Å². The summed E-state index contributed by atoms with van der Waals surface area (Å²) in [5.41, 5.74) is 0. The van der Waals surface area contributed by atoms with Crippen molar-refractivity contribution in [3.8, 4) is 0 Å². The average molecular weight is 284 g/mol. The molecule has 0 atom stereocenters. The molecule has 2 amide bonds. The lowest BCUT2D eigenvalue weighted by molar-refractivity contribution is -0.155. The maximum absolute atomic E-state index is 11.8. The molecule has 1 saturated heterocycles. The molecule has 1 heterocycles. The van der Waals surface area contributed by atoms with E-state index in [-0.39, 0.29) is 5.97 Å². The molecule has 0 N–H and O–H groups in total. The van der Waals surface area contributed by atoms with Crippen LogP contribution in [-0.2, 0) is 19.1 Å². The molecule has 0 radical (unpaired) electrons. The molecule has 0 aliphatic carbocycles. The van der Waals surface area contributed by atoms with Crippen molar-refractivity contribution >= 4 is 17.8 Å². The third-order valence-corrected chi connectivity index (χ3v) is 3.39. The summed E-state index contributed by atoms with van der Waals surface area (Å²) >= 11 is 0. The molecule has 20 heavy (non-hydrogen) atoms. The van der Waals surface area contributed by atoms with Gasteiger partial charge in [-0.15, -0.1) is 0 Å². The van der Waals surface area contributed by atoms with E-state index >= 15 is 0 Å². The number of hydrogen-bond donors (Lipinski definition) is 0. The lowest BCUT2D eigenvalue weighted by Gasteiger charge is -2.33. The number of nitrogens with zero attached hydrogens (tertiary/aromatic N) is 2. The number of esters is 1. The van der Waals surface area contributed by atoms with Crippen LogP contribution >= 0.6 is 0 Å². The number of ether oxygens (including phenoxy) is 1. The minimum atomic E-state index is -0.400. The highest BCUT2D eigenvalue weighted by Gasteiger charge is 2.30. The van der Waals surface area contributed by atoms with E-state index in [1.807, 2.05) is 6.92 Å². The van der Waals surface area contributed by atoms with Crippen molar-refractivity contribution in [2.75, 3.05) is 32.8 Å². The van der Waals surface area contributed by atoms with Gasteiger partial charge in [0.1, 0.15) is 0 Å². The van der Waals surface area contributed by atoms with Crippen LogP contribution in [-0.4, -0.2) is 60.4 Å². The van der Waals surface area contributed by atoms with Gasteiger partial charge in [-0.05, 0) is 26.7 Å². The van der Waals surface area contributed by atoms with Gasteiger partial charge in [0.05, 0.1) is 6.61 Å². The Morgan fingerprint density at radius 2 is 1.70 bits per heavy atom. The van der Waals surface area contributed by atoms with E-state index in [2.05, 4.69) is 0 Å². The number of piperazine rings is 1. The summed E-state index contributed by atoms with van der Waals surface area (Å²) < 4.78 is 4.84. The first-order valence-electron chi connectivity index (χ1n) is 7.34. The van der Waals surface area contributed by atoms with Gasteiger partial charge in [-0.3, -0.25) is 14.4 Å². The van der Waals surface area contributed by atoms with E-state index in [1.54, 1.807) is 16.7 Å². The zero-order valence-corrected chi connectivity index (χ0v) is 12.4. The van der Waals surface area contributed by atoms with Crippen molar-refractivity contribution in [2.45, 2.75) is 39.5 Å². The Hall–Kier alpha value is -1.59. The highest BCUT2D eigenvalue weighted by atomic mass is 16.5. The van der Waals surface area contributed by atoms with E-state index < -0.39 is 11.8 Å². The van der Waals surface area contributed by atoms with Crippen LogP contribution in [0.15, 0.2) is 0 Å². The molecule has 1 aliphatic heterocycles. The topological polar surface area (TPSA) is 66.9 Å².